The molecule has 0 aliphatic heterocycles. The largest absolute Gasteiger partial charge is 0.454 e. The first-order chi connectivity index (χ1) is 19.8. The van der Waals surface area contributed by atoms with Crippen molar-refractivity contribution in [1.82, 2.24) is 9.97 Å². The molecule has 6 heteroatoms. The second-order valence-corrected chi connectivity index (χ2v) is 11.0. The highest BCUT2D eigenvalue weighted by molar-refractivity contribution is 7.26. The highest BCUT2D eigenvalue weighted by Crippen LogP contribution is 2.46. The number of hydrogen-bond donors (Lipinski definition) is 0. The Bertz CT molecular complexity index is 2420. The van der Waals surface area contributed by atoms with Gasteiger partial charge in [0, 0.05) is 71.6 Å². The summed E-state index contributed by atoms with van der Waals surface area (Å²) in [5, 5.41) is 6.72. The normalized spacial score (nSPS) is 12.0. The van der Waals surface area contributed by atoms with Crippen molar-refractivity contribution in [2.75, 3.05) is 4.90 Å². The van der Waals surface area contributed by atoms with Gasteiger partial charge in [0.1, 0.15) is 11.2 Å². The van der Waals surface area contributed by atoms with Crippen molar-refractivity contribution in [3.05, 3.63) is 116 Å². The van der Waals surface area contributed by atoms with Gasteiger partial charge in [-0.05, 0) is 60.7 Å². The maximum absolute atomic E-state index is 6.26. The minimum atomic E-state index is 0.782. The number of aromatic nitrogens is 2. The predicted octanol–water partition coefficient (Wildman–Crippen LogP) is 10.1. The summed E-state index contributed by atoms with van der Waals surface area (Å²) in [7, 11) is 0. The Hall–Kier alpha value is -5.20. The molecule has 0 radical (unpaired) electrons. The lowest BCUT2D eigenvalue weighted by Crippen LogP contribution is -2.10. The van der Waals surface area contributed by atoms with Gasteiger partial charge in [-0.15, -0.1) is 11.3 Å². The van der Waals surface area contributed by atoms with Gasteiger partial charge in [-0.2, -0.15) is 0 Å². The zero-order valence-corrected chi connectivity index (χ0v) is 21.9. The van der Waals surface area contributed by atoms with Crippen LogP contribution in [0.3, 0.4) is 0 Å². The third kappa shape index (κ3) is 3.08. The Kier molecular flexibility index (Phi) is 4.42. The van der Waals surface area contributed by atoms with E-state index in [4.69, 9.17) is 8.83 Å². The van der Waals surface area contributed by atoms with E-state index in [9.17, 15) is 0 Å². The SMILES string of the molecule is c1ccc2c(c1)sc1cccc(N(c3ccc4c(c3)oc3cnccc34)c3ccc4oc5cnccc5c4c3)c12. The summed E-state index contributed by atoms with van der Waals surface area (Å²) >= 11 is 1.82. The molecule has 0 fully saturated rings. The topological polar surface area (TPSA) is 55.3 Å². The number of rotatable bonds is 3. The van der Waals surface area contributed by atoms with Gasteiger partial charge in [-0.3, -0.25) is 9.97 Å². The van der Waals surface area contributed by atoms with Crippen LogP contribution in [0.25, 0.3) is 64.0 Å². The summed E-state index contributed by atoms with van der Waals surface area (Å²) in [5.41, 5.74) is 6.39. The predicted molar refractivity (Wildman–Crippen MR) is 164 cm³/mol. The Morgan fingerprint density at radius 1 is 0.525 bits per heavy atom. The Labute approximate surface area is 231 Å². The summed E-state index contributed by atoms with van der Waals surface area (Å²) in [4.78, 5) is 10.8. The van der Waals surface area contributed by atoms with Crippen LogP contribution in [0.15, 0.2) is 125 Å². The average molecular weight is 534 g/mol. The van der Waals surface area contributed by atoms with Crippen molar-refractivity contribution in [2.45, 2.75) is 0 Å². The Morgan fingerprint density at radius 3 is 2.10 bits per heavy atom. The van der Waals surface area contributed by atoms with E-state index in [0.717, 1.165) is 60.9 Å². The van der Waals surface area contributed by atoms with Gasteiger partial charge in [0.25, 0.3) is 0 Å². The van der Waals surface area contributed by atoms with E-state index in [-0.39, 0.29) is 0 Å². The van der Waals surface area contributed by atoms with Crippen molar-refractivity contribution < 1.29 is 8.83 Å². The summed E-state index contributed by atoms with van der Waals surface area (Å²) in [6, 6.07) is 32.0. The van der Waals surface area contributed by atoms with Crippen LogP contribution < -0.4 is 4.90 Å². The van der Waals surface area contributed by atoms with Crippen LogP contribution >= 0.6 is 11.3 Å². The number of pyridine rings is 2. The van der Waals surface area contributed by atoms with E-state index in [0.29, 0.717) is 0 Å². The van der Waals surface area contributed by atoms with E-state index < -0.39 is 0 Å². The number of anilines is 3. The smallest absolute Gasteiger partial charge is 0.153 e. The van der Waals surface area contributed by atoms with Crippen molar-refractivity contribution in [2.24, 2.45) is 0 Å². The van der Waals surface area contributed by atoms with E-state index in [1.165, 1.54) is 20.2 Å². The van der Waals surface area contributed by atoms with E-state index >= 15 is 0 Å². The molecule has 4 aromatic carbocycles. The van der Waals surface area contributed by atoms with Crippen LogP contribution in [0.1, 0.15) is 0 Å². The van der Waals surface area contributed by atoms with E-state index in [1.807, 2.05) is 29.7 Å². The second kappa shape index (κ2) is 8.15. The number of benzene rings is 4. The van der Waals surface area contributed by atoms with Gasteiger partial charge in [-0.25, -0.2) is 0 Å². The first-order valence-electron chi connectivity index (χ1n) is 13.0. The average Bonchev–Trinajstić information content (AvgIpc) is 3.68. The molecular weight excluding hydrogens is 514 g/mol. The molecule has 5 heterocycles. The molecule has 0 N–H and O–H groups in total. The fourth-order valence-electron chi connectivity index (χ4n) is 5.89. The molecule has 5 nitrogen and oxygen atoms in total. The van der Waals surface area contributed by atoms with Crippen molar-refractivity contribution in [3.63, 3.8) is 0 Å². The number of hydrogen-bond acceptors (Lipinski definition) is 6. The minimum Gasteiger partial charge on any atom is -0.454 e. The van der Waals surface area contributed by atoms with Crippen LogP contribution in [0.2, 0.25) is 0 Å². The lowest BCUT2D eigenvalue weighted by Gasteiger charge is -2.26. The van der Waals surface area contributed by atoms with Gasteiger partial charge in [0.2, 0.25) is 0 Å². The van der Waals surface area contributed by atoms with Crippen LogP contribution in [0.5, 0.6) is 0 Å². The molecule has 40 heavy (non-hydrogen) atoms. The van der Waals surface area contributed by atoms with Gasteiger partial charge >= 0.3 is 0 Å². The molecule has 5 aromatic heterocycles. The molecule has 9 rings (SSSR count). The Morgan fingerprint density at radius 2 is 1.23 bits per heavy atom. The second-order valence-electron chi connectivity index (χ2n) is 9.89. The van der Waals surface area contributed by atoms with E-state index in [2.05, 4.69) is 93.7 Å². The summed E-state index contributed by atoms with van der Waals surface area (Å²) < 4.78 is 14.9. The quantitative estimate of drug-likeness (QED) is 0.226. The molecule has 0 aliphatic rings. The molecule has 188 valence electrons. The molecule has 0 atom stereocenters. The summed E-state index contributed by atoms with van der Waals surface area (Å²) in [6.07, 6.45) is 7.16. The van der Waals surface area contributed by atoms with Gasteiger partial charge < -0.3 is 13.7 Å². The zero-order chi connectivity index (χ0) is 26.2. The molecule has 9 aromatic rings. The number of furan rings is 2. The maximum atomic E-state index is 6.26. The molecule has 0 unspecified atom stereocenters. The lowest BCUT2D eigenvalue weighted by molar-refractivity contribution is 0.666. The summed E-state index contributed by atoms with van der Waals surface area (Å²) in [6.45, 7) is 0. The highest BCUT2D eigenvalue weighted by atomic mass is 32.1. The number of fused-ring (bicyclic) bond motifs is 9. The molecule has 0 amide bonds. The fraction of sp³-hybridized carbons (Fsp3) is 0. The third-order valence-corrected chi connectivity index (χ3v) is 8.79. The van der Waals surface area contributed by atoms with Crippen LogP contribution in [0.4, 0.5) is 17.1 Å². The monoisotopic (exact) mass is 533 g/mol. The van der Waals surface area contributed by atoms with Gasteiger partial charge in [0.05, 0.1) is 18.1 Å². The summed E-state index contributed by atoms with van der Waals surface area (Å²) in [5.74, 6) is 0. The third-order valence-electron chi connectivity index (χ3n) is 7.66. The molecule has 0 spiro atoms. The van der Waals surface area contributed by atoms with E-state index in [1.54, 1.807) is 18.6 Å². The van der Waals surface area contributed by atoms with Crippen LogP contribution in [-0.2, 0) is 0 Å². The first kappa shape index (κ1) is 21.7. The highest BCUT2D eigenvalue weighted by Gasteiger charge is 2.21. The zero-order valence-electron chi connectivity index (χ0n) is 21.0. The fourth-order valence-corrected chi connectivity index (χ4v) is 7.01. The molecule has 0 saturated heterocycles. The maximum Gasteiger partial charge on any atom is 0.153 e. The molecule has 0 aliphatic carbocycles. The molecular formula is C34H19N3O2S. The van der Waals surface area contributed by atoms with Crippen molar-refractivity contribution in [3.8, 4) is 0 Å². The van der Waals surface area contributed by atoms with Crippen LogP contribution in [-0.4, -0.2) is 9.97 Å². The minimum absolute atomic E-state index is 0.782. The van der Waals surface area contributed by atoms with Crippen molar-refractivity contribution >= 4 is 92.4 Å². The lowest BCUT2D eigenvalue weighted by atomic mass is 10.1. The number of nitrogens with zero attached hydrogens (tertiary/aromatic N) is 3. The molecule has 0 bridgehead atoms. The van der Waals surface area contributed by atoms with Gasteiger partial charge in [-0.1, -0.05) is 24.3 Å². The van der Waals surface area contributed by atoms with Gasteiger partial charge in [0.15, 0.2) is 11.2 Å². The van der Waals surface area contributed by atoms with Crippen LogP contribution in [0, 0.1) is 0 Å². The molecule has 0 saturated carbocycles. The van der Waals surface area contributed by atoms with Crippen molar-refractivity contribution in [1.29, 1.82) is 0 Å². The number of thiophene rings is 1. The Balaban J connectivity index is 1.36. The standard InChI is InChI=1S/C34H19N3O2S/c1-2-6-32-25(4-1)34-27(5-3-7-33(34)40-32)37(20-9-11-28-26(16-20)24-13-15-36-19-31(24)38-28)21-8-10-22-23-12-14-35-18-30(23)39-29(22)17-21/h1-19H. The first-order valence-corrected chi connectivity index (χ1v) is 13.9.